The average Bonchev–Trinajstić information content (AvgIpc) is 3.21. The van der Waals surface area contributed by atoms with Crippen molar-refractivity contribution in [3.63, 3.8) is 0 Å². The van der Waals surface area contributed by atoms with Crippen molar-refractivity contribution in [2.75, 3.05) is 39.3 Å². The zero-order valence-corrected chi connectivity index (χ0v) is 15.8. The molecule has 0 radical (unpaired) electrons. The van der Waals surface area contributed by atoms with E-state index in [4.69, 9.17) is 0 Å². The summed E-state index contributed by atoms with van der Waals surface area (Å²) in [5.74, 6) is 0.156. The average molecular weight is 368 g/mol. The maximum absolute atomic E-state index is 12.6. The van der Waals surface area contributed by atoms with Crippen molar-refractivity contribution >= 4 is 16.7 Å². The number of likely N-dealkylation sites (tertiary alicyclic amines) is 1. The van der Waals surface area contributed by atoms with E-state index < -0.39 is 0 Å². The second kappa shape index (κ2) is 8.23. The van der Waals surface area contributed by atoms with Crippen molar-refractivity contribution in [1.82, 2.24) is 20.1 Å². The maximum atomic E-state index is 12.6. The van der Waals surface area contributed by atoms with Crippen molar-refractivity contribution in [1.29, 1.82) is 0 Å². The Morgan fingerprint density at radius 3 is 2.67 bits per heavy atom. The van der Waals surface area contributed by atoms with Gasteiger partial charge in [0.1, 0.15) is 0 Å². The largest absolute Gasteiger partial charge is 0.336 e. The first kappa shape index (κ1) is 18.2. The molecule has 0 atom stereocenters. The minimum absolute atomic E-state index is 0.0674. The molecule has 3 heterocycles. The Labute approximate surface area is 159 Å². The van der Waals surface area contributed by atoms with Crippen LogP contribution in [0.5, 0.6) is 0 Å². The van der Waals surface area contributed by atoms with E-state index in [0.29, 0.717) is 19.5 Å². The van der Waals surface area contributed by atoms with Gasteiger partial charge in [-0.1, -0.05) is 18.2 Å². The number of nitrogens with zero attached hydrogens (tertiary/aromatic N) is 2. The van der Waals surface area contributed by atoms with Gasteiger partial charge < -0.3 is 20.1 Å². The number of amides is 1. The van der Waals surface area contributed by atoms with E-state index in [1.54, 1.807) is 0 Å². The van der Waals surface area contributed by atoms with E-state index in [9.17, 15) is 9.59 Å². The van der Waals surface area contributed by atoms with Crippen molar-refractivity contribution in [2.24, 2.45) is 0 Å². The number of fused-ring (bicyclic) bond motifs is 3. The van der Waals surface area contributed by atoms with Gasteiger partial charge in [-0.2, -0.15) is 0 Å². The number of carbonyl (C=O) groups excluding carboxylic acids is 1. The number of nitrogens with one attached hydrogen (secondary N) is 2. The molecule has 0 unspecified atom stereocenters. The summed E-state index contributed by atoms with van der Waals surface area (Å²) in [4.78, 5) is 32.2. The first-order valence-corrected chi connectivity index (χ1v) is 10.1. The molecule has 4 rings (SSSR count). The number of benzene rings is 1. The van der Waals surface area contributed by atoms with E-state index in [1.807, 2.05) is 29.2 Å². The highest BCUT2D eigenvalue weighted by molar-refractivity contribution is 5.86. The number of aromatic nitrogens is 1. The monoisotopic (exact) mass is 368 g/mol. The molecular formula is C21H28N4O2. The van der Waals surface area contributed by atoms with Crippen molar-refractivity contribution in [3.05, 3.63) is 45.9 Å². The Balaban J connectivity index is 1.31. The van der Waals surface area contributed by atoms with E-state index in [1.165, 1.54) is 31.5 Å². The summed E-state index contributed by atoms with van der Waals surface area (Å²) in [7, 11) is 0. The molecule has 0 saturated carbocycles. The summed E-state index contributed by atoms with van der Waals surface area (Å²) in [6.45, 7) is 6.36. The Kier molecular flexibility index (Phi) is 5.55. The molecule has 2 aliphatic rings. The number of pyridine rings is 1. The molecule has 27 heavy (non-hydrogen) atoms. The maximum Gasteiger partial charge on any atom is 0.256 e. The predicted molar refractivity (Wildman–Crippen MR) is 107 cm³/mol. The standard InChI is InChI=1S/C21H28N4O2/c26-20(7-9-22-10-14-24-11-3-4-12-24)25-13-8-17-16-5-1-2-6-18(16)21(27)23-19(17)15-25/h1-2,5-6,22H,3-4,7-15H2,(H,23,27). The molecule has 1 amide bonds. The van der Waals surface area contributed by atoms with Crippen LogP contribution < -0.4 is 10.9 Å². The van der Waals surface area contributed by atoms with Crippen LogP contribution in [-0.2, 0) is 17.8 Å². The zero-order chi connectivity index (χ0) is 18.6. The fourth-order valence-corrected chi connectivity index (χ4v) is 4.26. The fraction of sp³-hybridized carbons (Fsp3) is 0.524. The molecule has 2 N–H and O–H groups in total. The lowest BCUT2D eigenvalue weighted by Gasteiger charge is -2.29. The molecule has 1 fully saturated rings. The van der Waals surface area contributed by atoms with E-state index in [2.05, 4.69) is 15.2 Å². The summed E-state index contributed by atoms with van der Waals surface area (Å²) >= 11 is 0. The SMILES string of the molecule is O=C(CCNCCN1CCCC1)N1CCc2c([nH]c(=O)c3ccccc23)C1. The van der Waals surface area contributed by atoms with Crippen LogP contribution in [0.25, 0.3) is 10.8 Å². The third kappa shape index (κ3) is 4.06. The molecule has 2 aromatic rings. The molecule has 2 aliphatic heterocycles. The second-order valence-corrected chi connectivity index (χ2v) is 7.57. The van der Waals surface area contributed by atoms with Gasteiger partial charge in [0, 0.05) is 43.7 Å². The first-order valence-electron chi connectivity index (χ1n) is 10.1. The van der Waals surface area contributed by atoms with Crippen LogP contribution in [0, 0.1) is 0 Å². The van der Waals surface area contributed by atoms with Crippen LogP contribution in [0.15, 0.2) is 29.1 Å². The summed E-state index contributed by atoms with van der Waals surface area (Å²) in [6.07, 6.45) is 3.92. The second-order valence-electron chi connectivity index (χ2n) is 7.57. The Bertz CT molecular complexity index is 870. The molecule has 6 nitrogen and oxygen atoms in total. The van der Waals surface area contributed by atoms with E-state index >= 15 is 0 Å². The van der Waals surface area contributed by atoms with Crippen molar-refractivity contribution in [2.45, 2.75) is 32.2 Å². The lowest BCUT2D eigenvalue weighted by molar-refractivity contribution is -0.132. The van der Waals surface area contributed by atoms with Crippen LogP contribution in [0.3, 0.4) is 0 Å². The lowest BCUT2D eigenvalue weighted by atomic mass is 9.98. The van der Waals surface area contributed by atoms with Crippen LogP contribution in [0.2, 0.25) is 0 Å². The molecule has 0 bridgehead atoms. The molecular weight excluding hydrogens is 340 g/mol. The van der Waals surface area contributed by atoms with Gasteiger partial charge >= 0.3 is 0 Å². The van der Waals surface area contributed by atoms with Crippen LogP contribution >= 0.6 is 0 Å². The highest BCUT2D eigenvalue weighted by atomic mass is 16.2. The van der Waals surface area contributed by atoms with E-state index in [-0.39, 0.29) is 11.5 Å². The topological polar surface area (TPSA) is 68.4 Å². The Morgan fingerprint density at radius 1 is 1.07 bits per heavy atom. The first-order chi connectivity index (χ1) is 13.2. The van der Waals surface area contributed by atoms with Crippen LogP contribution in [0.4, 0.5) is 0 Å². The fourth-order valence-electron chi connectivity index (χ4n) is 4.26. The quantitative estimate of drug-likeness (QED) is 0.758. The number of H-pyrrole nitrogens is 1. The molecule has 144 valence electrons. The predicted octanol–water partition coefficient (Wildman–Crippen LogP) is 1.49. The molecule has 0 aliphatic carbocycles. The van der Waals surface area contributed by atoms with Gasteiger partial charge in [0.05, 0.1) is 6.54 Å². The molecule has 0 spiro atoms. The van der Waals surface area contributed by atoms with Gasteiger partial charge in [-0.15, -0.1) is 0 Å². The minimum atomic E-state index is -0.0674. The van der Waals surface area contributed by atoms with Crippen molar-refractivity contribution < 1.29 is 4.79 Å². The van der Waals surface area contributed by atoms with Gasteiger partial charge in [0.25, 0.3) is 5.56 Å². The highest BCUT2D eigenvalue weighted by Gasteiger charge is 2.23. The molecule has 6 heteroatoms. The zero-order valence-electron chi connectivity index (χ0n) is 15.8. The number of hydrogen-bond acceptors (Lipinski definition) is 4. The lowest BCUT2D eigenvalue weighted by Crippen LogP contribution is -2.39. The third-order valence-electron chi connectivity index (χ3n) is 5.78. The highest BCUT2D eigenvalue weighted by Crippen LogP contribution is 2.24. The van der Waals surface area contributed by atoms with Gasteiger partial charge in [-0.25, -0.2) is 0 Å². The Hall–Kier alpha value is -2.18. The van der Waals surface area contributed by atoms with E-state index in [0.717, 1.165) is 42.5 Å². The third-order valence-corrected chi connectivity index (χ3v) is 5.78. The summed E-state index contributed by atoms with van der Waals surface area (Å²) in [6, 6.07) is 7.72. The summed E-state index contributed by atoms with van der Waals surface area (Å²) in [5, 5.41) is 5.14. The number of carbonyl (C=O) groups is 1. The van der Waals surface area contributed by atoms with Crippen molar-refractivity contribution in [3.8, 4) is 0 Å². The summed E-state index contributed by atoms with van der Waals surface area (Å²) < 4.78 is 0. The minimum Gasteiger partial charge on any atom is -0.336 e. The number of hydrogen-bond donors (Lipinski definition) is 2. The molecule has 1 saturated heterocycles. The van der Waals surface area contributed by atoms with Crippen LogP contribution in [-0.4, -0.2) is 60.0 Å². The van der Waals surface area contributed by atoms with Gasteiger partial charge in [-0.05, 0) is 49.4 Å². The van der Waals surface area contributed by atoms with Gasteiger partial charge in [-0.3, -0.25) is 9.59 Å². The normalized spacial score (nSPS) is 17.4. The Morgan fingerprint density at radius 2 is 1.85 bits per heavy atom. The van der Waals surface area contributed by atoms with Gasteiger partial charge in [0.2, 0.25) is 5.91 Å². The molecule has 1 aromatic carbocycles. The smallest absolute Gasteiger partial charge is 0.256 e. The molecule has 1 aromatic heterocycles. The number of aromatic amines is 1. The summed E-state index contributed by atoms with van der Waals surface area (Å²) in [5.41, 5.74) is 2.00. The van der Waals surface area contributed by atoms with Gasteiger partial charge in [0.15, 0.2) is 0 Å². The number of rotatable bonds is 6. The van der Waals surface area contributed by atoms with Crippen LogP contribution in [0.1, 0.15) is 30.5 Å².